The molecule has 0 saturated carbocycles. The van der Waals surface area contributed by atoms with Crippen LogP contribution in [0.15, 0.2) is 53.2 Å². The summed E-state index contributed by atoms with van der Waals surface area (Å²) in [7, 11) is 0. The Kier molecular flexibility index (Phi) is 3.57. The Morgan fingerprint density at radius 3 is 3.00 bits per heavy atom. The Morgan fingerprint density at radius 2 is 2.17 bits per heavy atom. The van der Waals surface area contributed by atoms with E-state index < -0.39 is 0 Å². The van der Waals surface area contributed by atoms with Crippen LogP contribution < -0.4 is 15.5 Å². The van der Waals surface area contributed by atoms with Crippen LogP contribution in [0.3, 0.4) is 0 Å². The molecule has 0 radical (unpaired) electrons. The molecule has 24 heavy (non-hydrogen) atoms. The number of benzene rings is 1. The van der Waals surface area contributed by atoms with E-state index in [-0.39, 0.29) is 23.9 Å². The summed E-state index contributed by atoms with van der Waals surface area (Å²) < 4.78 is 5.16. The van der Waals surface area contributed by atoms with Crippen LogP contribution >= 0.6 is 0 Å². The zero-order chi connectivity index (χ0) is 16.5. The fraction of sp³-hybridized carbons (Fsp3) is 0.222. The molecule has 1 aromatic carbocycles. The quantitative estimate of drug-likeness (QED) is 0.847. The van der Waals surface area contributed by atoms with E-state index in [0.29, 0.717) is 18.7 Å². The number of nitrogens with zero attached hydrogens (tertiary/aromatic N) is 1. The highest BCUT2D eigenvalue weighted by Gasteiger charge is 2.41. The normalized spacial score (nSPS) is 22.2. The van der Waals surface area contributed by atoms with Gasteiger partial charge in [0.25, 0.3) is 0 Å². The van der Waals surface area contributed by atoms with Gasteiger partial charge in [0.2, 0.25) is 11.8 Å². The molecule has 0 spiro atoms. The van der Waals surface area contributed by atoms with Crippen molar-refractivity contribution in [1.82, 2.24) is 5.32 Å². The third kappa shape index (κ3) is 2.67. The van der Waals surface area contributed by atoms with Crippen molar-refractivity contribution >= 4 is 29.3 Å². The number of hydrogen-bond donors (Lipinski definition) is 2. The molecule has 3 heterocycles. The maximum absolute atomic E-state index is 12.3. The highest BCUT2D eigenvalue weighted by atomic mass is 16.3. The van der Waals surface area contributed by atoms with E-state index in [1.165, 1.54) is 6.08 Å². The predicted octanol–water partition coefficient (Wildman–Crippen LogP) is 2.01. The topological polar surface area (TPSA) is 74.6 Å². The summed E-state index contributed by atoms with van der Waals surface area (Å²) in [6.45, 7) is 0.620. The molecule has 2 aliphatic heterocycles. The Bertz CT molecular complexity index is 798. The number of nitrogens with one attached hydrogen (secondary N) is 2. The number of furan rings is 1. The Morgan fingerprint density at radius 1 is 1.29 bits per heavy atom. The van der Waals surface area contributed by atoms with Gasteiger partial charge >= 0.3 is 0 Å². The maximum atomic E-state index is 12.3. The van der Waals surface area contributed by atoms with Crippen LogP contribution in [-0.4, -0.2) is 30.4 Å². The van der Waals surface area contributed by atoms with E-state index in [1.807, 2.05) is 24.3 Å². The number of para-hydroxylation sites is 2. The maximum Gasteiger partial charge on any atom is 0.247 e. The largest absolute Gasteiger partial charge is 0.465 e. The van der Waals surface area contributed by atoms with Gasteiger partial charge in [0.1, 0.15) is 11.8 Å². The first-order valence-corrected chi connectivity index (χ1v) is 7.89. The Hall–Kier alpha value is -3.02. The van der Waals surface area contributed by atoms with Crippen molar-refractivity contribution in [3.8, 4) is 0 Å². The van der Waals surface area contributed by atoms with Gasteiger partial charge in [0.05, 0.1) is 17.6 Å². The fourth-order valence-electron chi connectivity index (χ4n) is 3.29. The summed E-state index contributed by atoms with van der Waals surface area (Å²) in [4.78, 5) is 26.4. The van der Waals surface area contributed by atoms with Crippen LogP contribution in [0.2, 0.25) is 0 Å². The van der Waals surface area contributed by atoms with Gasteiger partial charge < -0.3 is 20.0 Å². The Balaban J connectivity index is 1.45. The lowest BCUT2D eigenvalue weighted by molar-refractivity contribution is -0.118. The highest BCUT2D eigenvalue weighted by molar-refractivity contribution is 6.04. The van der Waals surface area contributed by atoms with Crippen LogP contribution in [0.5, 0.6) is 0 Å². The fourth-order valence-corrected chi connectivity index (χ4v) is 3.29. The molecule has 2 N–H and O–H groups in total. The van der Waals surface area contributed by atoms with Gasteiger partial charge in [-0.3, -0.25) is 9.59 Å². The van der Waals surface area contributed by atoms with Crippen molar-refractivity contribution in [2.75, 3.05) is 16.8 Å². The molecule has 4 rings (SSSR count). The molecule has 2 aliphatic rings. The highest BCUT2D eigenvalue weighted by Crippen LogP contribution is 2.36. The average Bonchev–Trinajstić information content (AvgIpc) is 3.23. The number of anilines is 2. The minimum Gasteiger partial charge on any atom is -0.465 e. The van der Waals surface area contributed by atoms with Crippen LogP contribution in [0.4, 0.5) is 11.4 Å². The lowest BCUT2D eigenvalue weighted by Crippen LogP contribution is -2.43. The summed E-state index contributed by atoms with van der Waals surface area (Å²) in [6, 6.07) is 11.0. The van der Waals surface area contributed by atoms with Crippen molar-refractivity contribution < 1.29 is 14.0 Å². The average molecular weight is 323 g/mol. The second-order valence-electron chi connectivity index (χ2n) is 5.96. The van der Waals surface area contributed by atoms with Crippen LogP contribution in [0, 0.1) is 0 Å². The number of carbonyl (C=O) groups excluding carboxylic acids is 2. The monoisotopic (exact) mass is 323 g/mol. The second-order valence-corrected chi connectivity index (χ2v) is 5.96. The minimum absolute atomic E-state index is 0.0171. The predicted molar refractivity (Wildman–Crippen MR) is 90.5 cm³/mol. The van der Waals surface area contributed by atoms with E-state index in [4.69, 9.17) is 4.42 Å². The number of fused-ring (bicyclic) bond motifs is 3. The molecule has 6 nitrogen and oxygen atoms in total. The molecular formula is C18H17N3O3. The molecule has 0 bridgehead atoms. The number of rotatable bonds is 3. The number of amides is 2. The van der Waals surface area contributed by atoms with Crippen molar-refractivity contribution in [1.29, 1.82) is 0 Å². The molecule has 2 aromatic rings. The summed E-state index contributed by atoms with van der Waals surface area (Å²) in [5.41, 5.74) is 1.83. The van der Waals surface area contributed by atoms with E-state index >= 15 is 0 Å². The SMILES string of the molecule is O=C(/C=C/c1ccco1)NC1CC2C(=O)Nc3ccccc3N2C1. The molecular weight excluding hydrogens is 306 g/mol. The lowest BCUT2D eigenvalue weighted by atomic mass is 10.1. The molecule has 1 aromatic heterocycles. The van der Waals surface area contributed by atoms with Gasteiger partial charge in [-0.05, 0) is 36.8 Å². The summed E-state index contributed by atoms with van der Waals surface area (Å²) in [5, 5.41) is 5.89. The molecule has 6 heteroatoms. The van der Waals surface area contributed by atoms with Gasteiger partial charge in [-0.1, -0.05) is 12.1 Å². The van der Waals surface area contributed by atoms with Crippen molar-refractivity contribution in [2.45, 2.75) is 18.5 Å². The molecule has 1 fully saturated rings. The molecule has 2 atom stereocenters. The molecule has 2 amide bonds. The number of carbonyl (C=O) groups is 2. The first-order valence-electron chi connectivity index (χ1n) is 7.89. The summed E-state index contributed by atoms with van der Waals surface area (Å²) in [6.07, 6.45) is 5.23. The van der Waals surface area contributed by atoms with Crippen molar-refractivity contribution in [3.05, 3.63) is 54.5 Å². The van der Waals surface area contributed by atoms with Crippen LogP contribution in [0.25, 0.3) is 6.08 Å². The second kappa shape index (κ2) is 5.88. The summed E-state index contributed by atoms with van der Waals surface area (Å²) in [5.74, 6) is 0.420. The van der Waals surface area contributed by atoms with Gasteiger partial charge in [-0.15, -0.1) is 0 Å². The van der Waals surface area contributed by atoms with Gasteiger partial charge in [0.15, 0.2) is 0 Å². The molecule has 2 unspecified atom stereocenters. The molecule has 122 valence electrons. The van der Waals surface area contributed by atoms with Gasteiger partial charge in [0, 0.05) is 18.7 Å². The lowest BCUT2D eigenvalue weighted by Gasteiger charge is -2.32. The van der Waals surface area contributed by atoms with Gasteiger partial charge in [-0.2, -0.15) is 0 Å². The van der Waals surface area contributed by atoms with Gasteiger partial charge in [-0.25, -0.2) is 0 Å². The smallest absolute Gasteiger partial charge is 0.247 e. The first-order chi connectivity index (χ1) is 11.7. The Labute approximate surface area is 139 Å². The zero-order valence-corrected chi connectivity index (χ0v) is 12.9. The van der Waals surface area contributed by atoms with E-state index in [9.17, 15) is 9.59 Å². The number of hydrogen-bond acceptors (Lipinski definition) is 4. The van der Waals surface area contributed by atoms with Crippen LogP contribution in [-0.2, 0) is 9.59 Å². The van der Waals surface area contributed by atoms with Crippen molar-refractivity contribution in [3.63, 3.8) is 0 Å². The van der Waals surface area contributed by atoms with E-state index in [0.717, 1.165) is 11.4 Å². The third-order valence-corrected chi connectivity index (χ3v) is 4.36. The first kappa shape index (κ1) is 14.6. The van der Waals surface area contributed by atoms with E-state index in [1.54, 1.807) is 24.5 Å². The van der Waals surface area contributed by atoms with Crippen molar-refractivity contribution in [2.24, 2.45) is 0 Å². The third-order valence-electron chi connectivity index (χ3n) is 4.36. The minimum atomic E-state index is -0.237. The standard InChI is InChI=1S/C18H17N3O3/c22-17(8-7-13-4-3-9-24-13)19-12-10-16-18(23)20-14-5-1-2-6-15(14)21(16)11-12/h1-9,12,16H,10-11H2,(H,19,22)(H,20,23)/b8-7+. The zero-order valence-electron chi connectivity index (χ0n) is 12.9. The molecule has 1 saturated heterocycles. The summed E-state index contributed by atoms with van der Waals surface area (Å²) >= 11 is 0. The van der Waals surface area contributed by atoms with E-state index in [2.05, 4.69) is 15.5 Å². The molecule has 0 aliphatic carbocycles. The van der Waals surface area contributed by atoms with Crippen LogP contribution in [0.1, 0.15) is 12.2 Å².